The molecule has 5 heteroatoms. The number of rotatable bonds is 3. The summed E-state index contributed by atoms with van der Waals surface area (Å²) in [4.78, 5) is 14.8. The Hall–Kier alpha value is -0.770. The van der Waals surface area contributed by atoms with Crippen LogP contribution < -0.4 is 5.73 Å². The molecule has 1 amide bonds. The highest BCUT2D eigenvalue weighted by Crippen LogP contribution is 2.30. The monoisotopic (exact) mass is 344 g/mol. The molecule has 0 saturated carbocycles. The van der Waals surface area contributed by atoms with Crippen LogP contribution in [-0.2, 0) is 10.2 Å². The van der Waals surface area contributed by atoms with Crippen LogP contribution in [-0.4, -0.2) is 29.9 Å². The molecular formula is C17H26Cl2N2O. The van der Waals surface area contributed by atoms with Crippen LogP contribution in [0.2, 0.25) is 5.02 Å². The minimum atomic E-state index is -0.550. The van der Waals surface area contributed by atoms with E-state index in [9.17, 15) is 4.79 Å². The largest absolute Gasteiger partial charge is 0.342 e. The van der Waals surface area contributed by atoms with Gasteiger partial charge in [-0.25, -0.2) is 0 Å². The second kappa shape index (κ2) is 7.67. The summed E-state index contributed by atoms with van der Waals surface area (Å²) in [5, 5.41) is 0.670. The molecule has 0 aromatic heterocycles. The van der Waals surface area contributed by atoms with Crippen molar-refractivity contribution in [1.82, 2.24) is 4.90 Å². The standard InChI is InChI=1S/C17H25ClN2O.ClH/c1-12(19)13-7-9-20(10-8-13)16(21)17(2,3)14-5-4-6-15(18)11-14;/h4-6,11-13H,7-10,19H2,1-3H3;1H. The highest BCUT2D eigenvalue weighted by molar-refractivity contribution is 6.30. The SMILES string of the molecule is CC(N)C1CCN(C(=O)C(C)(C)c2cccc(Cl)c2)CC1.Cl. The first kappa shape index (κ1) is 19.3. The van der Waals surface area contributed by atoms with E-state index >= 15 is 0 Å². The number of carbonyl (C=O) groups is 1. The lowest BCUT2D eigenvalue weighted by Gasteiger charge is -2.38. The van der Waals surface area contributed by atoms with E-state index in [4.69, 9.17) is 17.3 Å². The van der Waals surface area contributed by atoms with Crippen LogP contribution in [0.15, 0.2) is 24.3 Å². The summed E-state index contributed by atoms with van der Waals surface area (Å²) >= 11 is 6.06. The van der Waals surface area contributed by atoms with Gasteiger partial charge in [-0.3, -0.25) is 4.79 Å². The number of nitrogens with zero attached hydrogens (tertiary/aromatic N) is 1. The molecule has 0 aliphatic carbocycles. The van der Waals surface area contributed by atoms with Gasteiger partial charge in [-0.1, -0.05) is 23.7 Å². The summed E-state index contributed by atoms with van der Waals surface area (Å²) in [6.45, 7) is 7.60. The highest BCUT2D eigenvalue weighted by Gasteiger charge is 2.35. The van der Waals surface area contributed by atoms with Crippen molar-refractivity contribution in [3.8, 4) is 0 Å². The van der Waals surface area contributed by atoms with Crippen molar-refractivity contribution in [2.75, 3.05) is 13.1 Å². The number of benzene rings is 1. The number of halogens is 2. The molecule has 124 valence electrons. The van der Waals surface area contributed by atoms with Gasteiger partial charge >= 0.3 is 0 Å². The van der Waals surface area contributed by atoms with Crippen LogP contribution in [0, 0.1) is 5.92 Å². The van der Waals surface area contributed by atoms with Gasteiger partial charge in [0.2, 0.25) is 5.91 Å². The van der Waals surface area contributed by atoms with Crippen LogP contribution in [0.4, 0.5) is 0 Å². The molecule has 2 rings (SSSR count). The normalized spacial score (nSPS) is 17.8. The van der Waals surface area contributed by atoms with Crippen molar-refractivity contribution in [3.63, 3.8) is 0 Å². The van der Waals surface area contributed by atoms with Gasteiger partial charge in [0.05, 0.1) is 5.41 Å². The van der Waals surface area contributed by atoms with E-state index in [0.717, 1.165) is 31.5 Å². The average molecular weight is 345 g/mol. The van der Waals surface area contributed by atoms with E-state index in [1.54, 1.807) is 0 Å². The zero-order valence-corrected chi connectivity index (χ0v) is 15.1. The molecule has 1 atom stereocenters. The van der Waals surface area contributed by atoms with Crippen LogP contribution in [0.5, 0.6) is 0 Å². The third kappa shape index (κ3) is 4.15. The summed E-state index contributed by atoms with van der Waals surface area (Å²) < 4.78 is 0. The summed E-state index contributed by atoms with van der Waals surface area (Å²) in [7, 11) is 0. The number of nitrogens with two attached hydrogens (primary N) is 1. The summed E-state index contributed by atoms with van der Waals surface area (Å²) in [5.41, 5.74) is 6.38. The number of piperidine rings is 1. The molecular weight excluding hydrogens is 319 g/mol. The molecule has 2 N–H and O–H groups in total. The van der Waals surface area contributed by atoms with E-state index in [-0.39, 0.29) is 24.4 Å². The van der Waals surface area contributed by atoms with E-state index in [2.05, 4.69) is 6.92 Å². The Balaban J connectivity index is 0.00000242. The Morgan fingerprint density at radius 2 is 1.95 bits per heavy atom. The number of carbonyl (C=O) groups excluding carboxylic acids is 1. The van der Waals surface area contributed by atoms with Crippen molar-refractivity contribution in [2.45, 2.75) is 45.1 Å². The lowest BCUT2D eigenvalue weighted by Crippen LogP contribution is -2.48. The fourth-order valence-electron chi connectivity index (χ4n) is 3.02. The third-order valence-electron chi connectivity index (χ3n) is 4.65. The smallest absolute Gasteiger partial charge is 0.232 e. The Bertz CT molecular complexity index is 509. The maximum Gasteiger partial charge on any atom is 0.232 e. The van der Waals surface area contributed by atoms with Gasteiger partial charge in [0.15, 0.2) is 0 Å². The maximum absolute atomic E-state index is 12.9. The quantitative estimate of drug-likeness (QED) is 0.909. The van der Waals surface area contributed by atoms with Gasteiger partial charge in [-0.2, -0.15) is 0 Å². The molecule has 1 aromatic carbocycles. The Morgan fingerprint density at radius 3 is 2.45 bits per heavy atom. The number of hydrogen-bond acceptors (Lipinski definition) is 2. The molecule has 0 radical (unpaired) electrons. The summed E-state index contributed by atoms with van der Waals surface area (Å²) in [6.07, 6.45) is 1.99. The Labute approximate surface area is 144 Å². The molecule has 0 spiro atoms. The van der Waals surface area contributed by atoms with Crippen molar-refractivity contribution in [3.05, 3.63) is 34.9 Å². The summed E-state index contributed by atoms with van der Waals surface area (Å²) in [6, 6.07) is 7.80. The molecule has 1 aliphatic rings. The van der Waals surface area contributed by atoms with E-state index in [1.807, 2.05) is 43.0 Å². The minimum Gasteiger partial charge on any atom is -0.342 e. The Morgan fingerprint density at radius 1 is 1.36 bits per heavy atom. The summed E-state index contributed by atoms with van der Waals surface area (Å²) in [5.74, 6) is 0.705. The molecule has 1 unspecified atom stereocenters. The molecule has 1 aliphatic heterocycles. The van der Waals surface area contributed by atoms with Crippen LogP contribution in [0.3, 0.4) is 0 Å². The first-order chi connectivity index (χ1) is 9.82. The van der Waals surface area contributed by atoms with Gasteiger partial charge in [0.1, 0.15) is 0 Å². The number of amides is 1. The van der Waals surface area contributed by atoms with E-state index in [1.165, 1.54) is 0 Å². The minimum absolute atomic E-state index is 0. The number of hydrogen-bond donors (Lipinski definition) is 1. The molecule has 1 saturated heterocycles. The van der Waals surface area contributed by atoms with Gasteiger partial charge in [0.25, 0.3) is 0 Å². The van der Waals surface area contributed by atoms with Gasteiger partial charge in [-0.05, 0) is 57.2 Å². The lowest BCUT2D eigenvalue weighted by molar-refractivity contribution is -0.137. The molecule has 0 bridgehead atoms. The van der Waals surface area contributed by atoms with E-state index < -0.39 is 5.41 Å². The third-order valence-corrected chi connectivity index (χ3v) is 4.89. The topological polar surface area (TPSA) is 46.3 Å². The van der Waals surface area contributed by atoms with Crippen LogP contribution in [0.1, 0.15) is 39.2 Å². The van der Waals surface area contributed by atoms with Crippen molar-refractivity contribution < 1.29 is 4.79 Å². The molecule has 22 heavy (non-hydrogen) atoms. The molecule has 1 fully saturated rings. The van der Waals surface area contributed by atoms with Crippen molar-refractivity contribution in [2.24, 2.45) is 11.7 Å². The van der Waals surface area contributed by atoms with Gasteiger partial charge in [-0.15, -0.1) is 12.4 Å². The van der Waals surface area contributed by atoms with Crippen LogP contribution in [0.25, 0.3) is 0 Å². The molecule has 1 heterocycles. The average Bonchev–Trinajstić information content (AvgIpc) is 2.46. The first-order valence-corrected chi connectivity index (χ1v) is 8.01. The van der Waals surface area contributed by atoms with Crippen molar-refractivity contribution in [1.29, 1.82) is 0 Å². The lowest BCUT2D eigenvalue weighted by atomic mass is 9.82. The van der Waals surface area contributed by atoms with Gasteiger partial charge in [0, 0.05) is 24.2 Å². The zero-order valence-electron chi connectivity index (χ0n) is 13.5. The highest BCUT2D eigenvalue weighted by atomic mass is 35.5. The second-order valence-electron chi connectivity index (χ2n) is 6.62. The zero-order chi connectivity index (χ0) is 15.6. The van der Waals surface area contributed by atoms with Crippen molar-refractivity contribution >= 4 is 29.9 Å². The van der Waals surface area contributed by atoms with E-state index in [0.29, 0.717) is 10.9 Å². The Kier molecular flexibility index (Phi) is 6.72. The fourth-order valence-corrected chi connectivity index (χ4v) is 3.21. The van der Waals surface area contributed by atoms with Crippen LogP contribution >= 0.6 is 24.0 Å². The number of likely N-dealkylation sites (tertiary alicyclic amines) is 1. The molecule has 1 aromatic rings. The second-order valence-corrected chi connectivity index (χ2v) is 7.06. The predicted octanol–water partition coefficient (Wildman–Crippen LogP) is 3.63. The maximum atomic E-state index is 12.9. The molecule has 3 nitrogen and oxygen atoms in total. The predicted molar refractivity (Wildman–Crippen MR) is 94.7 cm³/mol. The van der Waals surface area contributed by atoms with Gasteiger partial charge < -0.3 is 10.6 Å². The fraction of sp³-hybridized carbons (Fsp3) is 0.588. The first-order valence-electron chi connectivity index (χ1n) is 7.63.